The zero-order valence-corrected chi connectivity index (χ0v) is 12.6. The molecule has 0 fully saturated rings. The summed E-state index contributed by atoms with van der Waals surface area (Å²) in [5.74, 6) is 1.90. The van der Waals surface area contributed by atoms with Gasteiger partial charge in [-0.3, -0.25) is 15.5 Å². The van der Waals surface area contributed by atoms with Gasteiger partial charge in [-0.05, 0) is 6.92 Å². The van der Waals surface area contributed by atoms with E-state index < -0.39 is 0 Å². The van der Waals surface area contributed by atoms with Crippen molar-refractivity contribution < 1.29 is 0 Å². The van der Waals surface area contributed by atoms with Crippen LogP contribution in [0, 0.1) is 10.8 Å². The highest BCUT2D eigenvalue weighted by Crippen LogP contribution is 2.13. The van der Waals surface area contributed by atoms with Crippen molar-refractivity contribution in [1.29, 1.82) is 10.8 Å². The molecule has 2 aromatic heterocycles. The monoisotopic (exact) mass is 309 g/mol. The number of hydrogen-bond acceptors (Lipinski definition) is 7. The van der Waals surface area contributed by atoms with Gasteiger partial charge in [0.05, 0.1) is 22.7 Å². The predicted octanol–water partition coefficient (Wildman–Crippen LogP) is 1.68. The molecule has 20 heavy (non-hydrogen) atoms. The van der Waals surface area contributed by atoms with Crippen LogP contribution in [0.1, 0.15) is 12.7 Å². The Morgan fingerprint density at radius 3 is 2.90 bits per heavy atom. The fourth-order valence-electron chi connectivity index (χ4n) is 1.52. The molecule has 0 radical (unpaired) electrons. The molecule has 9 heteroatoms. The Kier molecular flexibility index (Phi) is 4.96. The van der Waals surface area contributed by atoms with Crippen LogP contribution < -0.4 is 5.73 Å². The second-order valence-electron chi connectivity index (χ2n) is 4.01. The lowest BCUT2D eigenvalue weighted by Gasteiger charge is -1.99. The molecule has 0 spiro atoms. The van der Waals surface area contributed by atoms with E-state index in [0.717, 1.165) is 17.7 Å². The Morgan fingerprint density at radius 2 is 2.20 bits per heavy atom. The first-order chi connectivity index (χ1) is 9.54. The predicted molar refractivity (Wildman–Crippen MR) is 84.4 cm³/mol. The molecular weight excluding hydrogens is 294 g/mol. The van der Waals surface area contributed by atoms with Gasteiger partial charge in [-0.1, -0.05) is 11.8 Å². The summed E-state index contributed by atoms with van der Waals surface area (Å²) >= 11 is 2.69. The lowest BCUT2D eigenvalue weighted by atomic mass is 10.4. The van der Waals surface area contributed by atoms with E-state index in [0.29, 0.717) is 22.3 Å². The summed E-state index contributed by atoms with van der Waals surface area (Å²) in [6.07, 6.45) is 3.63. The van der Waals surface area contributed by atoms with Crippen molar-refractivity contribution in [1.82, 2.24) is 19.7 Å². The summed E-state index contributed by atoms with van der Waals surface area (Å²) in [6, 6.07) is 0. The molecule has 0 aliphatic rings. The Morgan fingerprint density at radius 1 is 1.40 bits per heavy atom. The molecule has 0 aromatic carbocycles. The molecule has 0 aliphatic heterocycles. The number of nitrogens with one attached hydrogen (secondary N) is 2. The number of aryl methyl sites for hydroxylation is 1. The lowest BCUT2D eigenvalue weighted by molar-refractivity contribution is 0.673. The molecule has 106 valence electrons. The van der Waals surface area contributed by atoms with Crippen LogP contribution in [0.3, 0.4) is 0 Å². The van der Waals surface area contributed by atoms with Crippen molar-refractivity contribution in [2.24, 2.45) is 5.73 Å². The summed E-state index contributed by atoms with van der Waals surface area (Å²) in [5.41, 5.74) is 5.94. The molecule has 0 unspecified atom stereocenters. The maximum Gasteiger partial charge on any atom is 0.184 e. The third kappa shape index (κ3) is 4.20. The summed E-state index contributed by atoms with van der Waals surface area (Å²) in [4.78, 5) is 8.57. The van der Waals surface area contributed by atoms with E-state index >= 15 is 0 Å². The first kappa shape index (κ1) is 14.8. The van der Waals surface area contributed by atoms with E-state index in [1.807, 2.05) is 10.9 Å². The van der Waals surface area contributed by atoms with Crippen molar-refractivity contribution in [3.63, 3.8) is 0 Å². The van der Waals surface area contributed by atoms with Crippen LogP contribution in [0.5, 0.6) is 0 Å². The third-order valence-corrected chi connectivity index (χ3v) is 3.89. The lowest BCUT2D eigenvalue weighted by Crippen LogP contribution is -2.05. The molecule has 7 nitrogen and oxygen atoms in total. The highest BCUT2D eigenvalue weighted by Gasteiger charge is 2.06. The van der Waals surface area contributed by atoms with Gasteiger partial charge in [-0.2, -0.15) is 5.10 Å². The van der Waals surface area contributed by atoms with E-state index in [-0.39, 0.29) is 5.17 Å². The Bertz CT molecular complexity index is 637. The first-order valence-corrected chi connectivity index (χ1v) is 7.85. The number of nitrogens with two attached hydrogens (primary N) is 1. The van der Waals surface area contributed by atoms with Gasteiger partial charge in [-0.25, -0.2) is 9.97 Å². The van der Waals surface area contributed by atoms with Gasteiger partial charge in [0.1, 0.15) is 5.82 Å². The van der Waals surface area contributed by atoms with E-state index in [1.165, 1.54) is 23.5 Å². The van der Waals surface area contributed by atoms with Gasteiger partial charge < -0.3 is 5.73 Å². The third-order valence-electron chi connectivity index (χ3n) is 2.35. The Hall–Kier alpha value is -1.61. The zero-order valence-electron chi connectivity index (χ0n) is 11.0. The molecule has 0 saturated heterocycles. The highest BCUT2D eigenvalue weighted by atomic mass is 32.2. The minimum absolute atomic E-state index is 0.0539. The Balaban J connectivity index is 2.05. The van der Waals surface area contributed by atoms with Crippen LogP contribution in [-0.2, 0) is 12.3 Å². The van der Waals surface area contributed by atoms with E-state index in [1.54, 1.807) is 13.1 Å². The second kappa shape index (κ2) is 6.71. The van der Waals surface area contributed by atoms with E-state index in [4.69, 9.17) is 16.6 Å². The van der Waals surface area contributed by atoms with Crippen molar-refractivity contribution in [2.45, 2.75) is 19.2 Å². The van der Waals surface area contributed by atoms with Gasteiger partial charge >= 0.3 is 0 Å². The summed E-state index contributed by atoms with van der Waals surface area (Å²) in [6.45, 7) is 2.50. The van der Waals surface area contributed by atoms with Gasteiger partial charge in [0.15, 0.2) is 10.8 Å². The smallest absolute Gasteiger partial charge is 0.184 e. The number of hydrogen-bond donors (Lipinski definition) is 3. The molecule has 2 rings (SSSR count). The topological polar surface area (TPSA) is 117 Å². The molecule has 2 heterocycles. The summed E-state index contributed by atoms with van der Waals surface area (Å²) in [7, 11) is 0. The fourth-order valence-corrected chi connectivity index (χ4v) is 2.53. The van der Waals surface area contributed by atoms with Crippen LogP contribution in [0.4, 0.5) is 0 Å². The van der Waals surface area contributed by atoms with Gasteiger partial charge in [-0.15, -0.1) is 11.8 Å². The fraction of sp³-hybridized carbons (Fsp3) is 0.364. The molecule has 0 bridgehead atoms. The molecule has 2 aromatic rings. The zero-order chi connectivity index (χ0) is 14.5. The average Bonchev–Trinajstić information content (AvgIpc) is 2.77. The van der Waals surface area contributed by atoms with E-state index in [2.05, 4.69) is 15.1 Å². The second-order valence-corrected chi connectivity index (χ2v) is 6.34. The quantitative estimate of drug-likeness (QED) is 0.571. The number of rotatable bonds is 5. The normalized spacial score (nSPS) is 10.8. The summed E-state index contributed by atoms with van der Waals surface area (Å²) < 4.78 is 1.82. The van der Waals surface area contributed by atoms with Crippen LogP contribution >= 0.6 is 23.5 Å². The van der Waals surface area contributed by atoms with Crippen LogP contribution in [-0.4, -0.2) is 35.7 Å². The SMILES string of the molecule is CC(=N)SCCn1cc2cnc(CSC(=N)N)nc2n1. The van der Waals surface area contributed by atoms with Gasteiger partial charge in [0.2, 0.25) is 0 Å². The van der Waals surface area contributed by atoms with Gasteiger partial charge in [0.25, 0.3) is 0 Å². The maximum absolute atomic E-state index is 7.36. The van der Waals surface area contributed by atoms with Crippen molar-refractivity contribution >= 4 is 44.8 Å². The summed E-state index contributed by atoms with van der Waals surface area (Å²) in [5, 5.41) is 20.5. The first-order valence-electron chi connectivity index (χ1n) is 5.88. The van der Waals surface area contributed by atoms with Crippen LogP contribution in [0.15, 0.2) is 12.4 Å². The molecule has 0 amide bonds. The standard InChI is InChI=1S/C11H15N7S2/c1-7(12)19-3-2-18-5-8-4-15-9(6-20-11(13)14)16-10(8)17-18/h4-5,12H,2-3,6H2,1H3,(H3,13,14). The van der Waals surface area contributed by atoms with Crippen molar-refractivity contribution in [3.8, 4) is 0 Å². The minimum Gasteiger partial charge on any atom is -0.379 e. The van der Waals surface area contributed by atoms with Crippen LogP contribution in [0.25, 0.3) is 11.0 Å². The number of thioether (sulfide) groups is 2. The molecule has 0 aliphatic carbocycles. The molecular formula is C11H15N7S2. The molecule has 4 N–H and O–H groups in total. The van der Waals surface area contributed by atoms with Gasteiger partial charge in [0, 0.05) is 18.1 Å². The molecule has 0 saturated carbocycles. The number of fused-ring (bicyclic) bond motifs is 1. The Labute approximate surface area is 124 Å². The number of aromatic nitrogens is 4. The minimum atomic E-state index is 0.0539. The number of amidine groups is 1. The highest BCUT2D eigenvalue weighted by molar-refractivity contribution is 8.13. The number of nitrogens with zero attached hydrogens (tertiary/aromatic N) is 4. The van der Waals surface area contributed by atoms with Crippen molar-refractivity contribution in [2.75, 3.05) is 5.75 Å². The maximum atomic E-state index is 7.36. The largest absolute Gasteiger partial charge is 0.379 e. The van der Waals surface area contributed by atoms with E-state index in [9.17, 15) is 0 Å². The van der Waals surface area contributed by atoms with Crippen LogP contribution in [0.2, 0.25) is 0 Å². The van der Waals surface area contributed by atoms with Crippen molar-refractivity contribution in [3.05, 3.63) is 18.2 Å². The average molecular weight is 309 g/mol. The molecule has 0 atom stereocenters.